The van der Waals surface area contributed by atoms with Gasteiger partial charge in [0.25, 0.3) is 0 Å². The molecule has 0 aliphatic heterocycles. The first-order chi connectivity index (χ1) is 12.6. The number of esters is 1. The molecule has 1 aromatic carbocycles. The molecule has 1 amide bonds. The third-order valence-electron chi connectivity index (χ3n) is 3.91. The Kier molecular flexibility index (Phi) is 6.30. The number of hydrogen-bond acceptors (Lipinski definition) is 5. The van der Waals surface area contributed by atoms with E-state index in [0.717, 1.165) is 9.87 Å². The van der Waals surface area contributed by atoms with Gasteiger partial charge < -0.3 is 14.6 Å². The summed E-state index contributed by atoms with van der Waals surface area (Å²) in [7, 11) is 0.0585. The van der Waals surface area contributed by atoms with Gasteiger partial charge in [-0.05, 0) is 36.8 Å². The second-order valence-corrected chi connectivity index (χ2v) is 8.41. The molecule has 1 aromatic heterocycles. The van der Waals surface area contributed by atoms with Crippen LogP contribution in [0.3, 0.4) is 0 Å². The molecule has 27 heavy (non-hydrogen) atoms. The molecule has 146 valence electrons. The maximum Gasteiger partial charge on any atom is 0.354 e. The number of likely N-dealkylation sites (N-methyl/N-ethyl adjacent to an activating group) is 1. The molecule has 0 atom stereocenters. The van der Waals surface area contributed by atoms with E-state index in [1.807, 2.05) is 0 Å². The number of carbonyl (C=O) groups excluding carboxylic acids is 2. The van der Waals surface area contributed by atoms with Crippen molar-refractivity contribution in [1.29, 1.82) is 0 Å². The average Bonchev–Trinajstić information content (AvgIpc) is 2.99. The Balaban J connectivity index is 2.15. The van der Waals surface area contributed by atoms with E-state index < -0.39 is 28.4 Å². The first-order valence-corrected chi connectivity index (χ1v) is 9.65. The monoisotopic (exact) mass is 413 g/mol. The maximum atomic E-state index is 12.7. The van der Waals surface area contributed by atoms with Crippen LogP contribution < -0.4 is 5.32 Å². The van der Waals surface area contributed by atoms with E-state index in [9.17, 15) is 18.0 Å². The van der Waals surface area contributed by atoms with Crippen molar-refractivity contribution in [2.24, 2.45) is 7.05 Å². The minimum absolute atomic E-state index is 0.0886. The van der Waals surface area contributed by atoms with Crippen LogP contribution in [0.4, 0.5) is 5.69 Å². The van der Waals surface area contributed by atoms with Gasteiger partial charge in [0.15, 0.2) is 0 Å². The predicted molar refractivity (Wildman–Crippen MR) is 101 cm³/mol. The van der Waals surface area contributed by atoms with Crippen LogP contribution in [0.1, 0.15) is 16.1 Å². The van der Waals surface area contributed by atoms with Gasteiger partial charge in [0.2, 0.25) is 15.9 Å². The van der Waals surface area contributed by atoms with Gasteiger partial charge >= 0.3 is 5.97 Å². The van der Waals surface area contributed by atoms with Gasteiger partial charge in [-0.3, -0.25) is 4.79 Å². The van der Waals surface area contributed by atoms with Crippen molar-refractivity contribution in [3.63, 3.8) is 0 Å². The lowest BCUT2D eigenvalue weighted by Gasteiger charge is -2.16. The van der Waals surface area contributed by atoms with Crippen molar-refractivity contribution >= 4 is 39.2 Å². The summed E-state index contributed by atoms with van der Waals surface area (Å²) in [4.78, 5) is 23.8. The number of nitrogens with zero attached hydrogens (tertiary/aromatic N) is 2. The number of hydrogen-bond donors (Lipinski definition) is 1. The summed E-state index contributed by atoms with van der Waals surface area (Å²) in [5, 5.41) is 3.19. The Morgan fingerprint density at radius 1 is 1.30 bits per heavy atom. The molecular weight excluding hydrogens is 394 g/mol. The predicted octanol–water partition coefficient (Wildman–Crippen LogP) is 2.03. The normalized spacial score (nSPS) is 11.5. The number of nitrogens with one attached hydrogen (secondary N) is 1. The van der Waals surface area contributed by atoms with E-state index in [4.69, 9.17) is 11.6 Å². The highest BCUT2D eigenvalue weighted by Gasteiger charge is 2.26. The highest BCUT2D eigenvalue weighted by atomic mass is 35.5. The zero-order valence-corrected chi connectivity index (χ0v) is 16.9. The summed E-state index contributed by atoms with van der Waals surface area (Å²) >= 11 is 5.88. The van der Waals surface area contributed by atoms with Crippen LogP contribution in [0.2, 0.25) is 5.02 Å². The van der Waals surface area contributed by atoms with E-state index in [1.165, 1.54) is 38.0 Å². The highest BCUT2D eigenvalue weighted by Crippen LogP contribution is 2.21. The van der Waals surface area contributed by atoms with Crippen molar-refractivity contribution in [3.8, 4) is 0 Å². The van der Waals surface area contributed by atoms with E-state index in [1.54, 1.807) is 25.1 Å². The fourth-order valence-corrected chi connectivity index (χ4v) is 3.83. The largest absolute Gasteiger partial charge is 0.464 e. The van der Waals surface area contributed by atoms with Gasteiger partial charge in [0, 0.05) is 31.0 Å². The summed E-state index contributed by atoms with van der Waals surface area (Å²) in [6.07, 6.45) is 1.29. The molecule has 0 saturated heterocycles. The first-order valence-electron chi connectivity index (χ1n) is 7.83. The Morgan fingerprint density at radius 2 is 1.96 bits per heavy atom. The number of aryl methyl sites for hydroxylation is 2. The minimum atomic E-state index is -3.96. The lowest BCUT2D eigenvalue weighted by molar-refractivity contribution is -0.116. The van der Waals surface area contributed by atoms with Gasteiger partial charge in [-0.2, -0.15) is 4.31 Å². The molecule has 1 N–H and O–H groups in total. The third-order valence-corrected chi connectivity index (χ3v) is 5.92. The van der Waals surface area contributed by atoms with Crippen molar-refractivity contribution in [2.45, 2.75) is 11.8 Å². The van der Waals surface area contributed by atoms with Crippen molar-refractivity contribution in [1.82, 2.24) is 8.87 Å². The van der Waals surface area contributed by atoms with Crippen LogP contribution in [0.5, 0.6) is 0 Å². The number of amides is 1. The molecule has 8 nitrogen and oxygen atoms in total. The van der Waals surface area contributed by atoms with Crippen LogP contribution in [-0.4, -0.2) is 49.9 Å². The van der Waals surface area contributed by atoms with Crippen molar-refractivity contribution in [2.75, 3.05) is 26.0 Å². The lowest BCUT2D eigenvalue weighted by atomic mass is 10.2. The Bertz CT molecular complexity index is 984. The number of sulfonamides is 1. The lowest BCUT2D eigenvalue weighted by Crippen LogP contribution is -2.35. The summed E-state index contributed by atoms with van der Waals surface area (Å²) in [5.74, 6) is -1.16. The molecule has 0 saturated carbocycles. The number of anilines is 1. The van der Waals surface area contributed by atoms with Gasteiger partial charge in [-0.25, -0.2) is 13.2 Å². The molecular formula is C17H20ClN3O5S. The fraction of sp³-hybridized carbons (Fsp3) is 0.294. The Labute approximate surface area is 162 Å². The van der Waals surface area contributed by atoms with Crippen LogP contribution in [0.15, 0.2) is 35.4 Å². The molecule has 0 fully saturated rings. The quantitative estimate of drug-likeness (QED) is 0.731. The van der Waals surface area contributed by atoms with Crippen LogP contribution >= 0.6 is 11.6 Å². The average molecular weight is 414 g/mol. The first kappa shape index (κ1) is 20.9. The second kappa shape index (κ2) is 8.12. The number of benzene rings is 1. The van der Waals surface area contributed by atoms with Crippen molar-refractivity contribution < 1.29 is 22.7 Å². The number of halogens is 1. The van der Waals surface area contributed by atoms with Gasteiger partial charge in [0.1, 0.15) is 10.6 Å². The standard InChI is InChI=1S/C17H20ClN3O5S/c1-11-7-12(18)5-6-14(11)19-16(22)10-21(3)27(24,25)13-8-15(17(23)26-4)20(2)9-13/h5-9H,10H2,1-4H3,(H,19,22). The number of rotatable bonds is 6. The Morgan fingerprint density at radius 3 is 2.56 bits per heavy atom. The highest BCUT2D eigenvalue weighted by molar-refractivity contribution is 7.89. The topological polar surface area (TPSA) is 97.7 Å². The third kappa shape index (κ3) is 4.68. The van der Waals surface area contributed by atoms with Crippen LogP contribution in [-0.2, 0) is 26.6 Å². The van der Waals surface area contributed by atoms with Crippen LogP contribution in [0.25, 0.3) is 0 Å². The molecule has 1 heterocycles. The molecule has 0 spiro atoms. The fourth-order valence-electron chi connectivity index (χ4n) is 2.41. The summed E-state index contributed by atoms with van der Waals surface area (Å²) in [6.45, 7) is 1.38. The number of aromatic nitrogens is 1. The van der Waals surface area contributed by atoms with Gasteiger partial charge in [-0.1, -0.05) is 11.6 Å². The molecule has 0 aliphatic rings. The summed E-state index contributed by atoms with van der Waals surface area (Å²) in [6, 6.07) is 6.17. The molecule has 0 radical (unpaired) electrons. The molecule has 2 aromatic rings. The van der Waals surface area contributed by atoms with E-state index in [2.05, 4.69) is 10.1 Å². The van der Waals surface area contributed by atoms with Crippen LogP contribution in [0, 0.1) is 6.92 Å². The van der Waals surface area contributed by atoms with Crippen molar-refractivity contribution in [3.05, 3.63) is 46.7 Å². The molecule has 0 unspecified atom stereocenters. The SMILES string of the molecule is COC(=O)c1cc(S(=O)(=O)N(C)CC(=O)Nc2ccc(Cl)cc2C)cn1C. The molecule has 0 aliphatic carbocycles. The smallest absolute Gasteiger partial charge is 0.354 e. The van der Waals surface area contributed by atoms with Gasteiger partial charge in [0.05, 0.1) is 13.7 Å². The zero-order valence-electron chi connectivity index (χ0n) is 15.3. The number of carbonyl (C=O) groups is 2. The summed E-state index contributed by atoms with van der Waals surface area (Å²) < 4.78 is 32.2. The van der Waals surface area contributed by atoms with E-state index in [-0.39, 0.29) is 10.6 Å². The molecule has 0 bridgehead atoms. The van der Waals surface area contributed by atoms with E-state index in [0.29, 0.717) is 10.7 Å². The number of methoxy groups -OCH3 is 1. The molecule has 2 rings (SSSR count). The molecule has 10 heteroatoms. The summed E-state index contributed by atoms with van der Waals surface area (Å²) in [5.41, 5.74) is 1.39. The van der Waals surface area contributed by atoms with Gasteiger partial charge in [-0.15, -0.1) is 0 Å². The number of ether oxygens (including phenoxy) is 1. The Hall–Kier alpha value is -2.36. The zero-order chi connectivity index (χ0) is 20.4. The van der Waals surface area contributed by atoms with E-state index >= 15 is 0 Å². The second-order valence-electron chi connectivity index (χ2n) is 5.93. The maximum absolute atomic E-state index is 12.7. The minimum Gasteiger partial charge on any atom is -0.464 e.